The Kier molecular flexibility index (Phi) is 3.23. The Morgan fingerprint density at radius 1 is 1.33 bits per heavy atom. The molecule has 1 aliphatic carbocycles. The zero-order valence-corrected chi connectivity index (χ0v) is 10.2. The largest absolute Gasteiger partial charge is 0.494 e. The number of primary amides is 1. The summed E-state index contributed by atoms with van der Waals surface area (Å²) in [5.74, 6) is -0.0405. The van der Waals surface area contributed by atoms with Gasteiger partial charge < -0.3 is 15.8 Å². The lowest BCUT2D eigenvalue weighted by Crippen LogP contribution is -2.46. The standard InChI is InChI=1S/C13H16N2O3/c1-2-18-10-5-3-9(4-6-10)11(16)15-13(7-8-13)12(14)17/h3-6H,2,7-8H2,1H3,(H2,14,17)(H,15,16). The normalized spacial score (nSPS) is 15.8. The smallest absolute Gasteiger partial charge is 0.252 e. The van der Waals surface area contributed by atoms with E-state index in [9.17, 15) is 9.59 Å². The van der Waals surface area contributed by atoms with Crippen LogP contribution in [0.25, 0.3) is 0 Å². The molecule has 1 aliphatic rings. The third kappa shape index (κ3) is 2.45. The van der Waals surface area contributed by atoms with Crippen molar-refractivity contribution in [3.8, 4) is 5.75 Å². The summed E-state index contributed by atoms with van der Waals surface area (Å²) in [6.07, 6.45) is 1.23. The molecule has 0 bridgehead atoms. The molecule has 0 heterocycles. The molecule has 0 saturated heterocycles. The van der Waals surface area contributed by atoms with Crippen LogP contribution in [0.15, 0.2) is 24.3 Å². The van der Waals surface area contributed by atoms with E-state index >= 15 is 0 Å². The minimum atomic E-state index is -0.824. The Labute approximate surface area is 105 Å². The quantitative estimate of drug-likeness (QED) is 0.810. The van der Waals surface area contributed by atoms with Gasteiger partial charge in [0.2, 0.25) is 5.91 Å². The second-order valence-corrected chi connectivity index (χ2v) is 4.36. The van der Waals surface area contributed by atoms with Crippen LogP contribution in [0.3, 0.4) is 0 Å². The van der Waals surface area contributed by atoms with Gasteiger partial charge in [0.25, 0.3) is 5.91 Å². The number of nitrogens with two attached hydrogens (primary N) is 1. The highest BCUT2D eigenvalue weighted by Gasteiger charge is 2.49. The predicted octanol–water partition coefficient (Wildman–Crippen LogP) is 0.833. The molecule has 3 N–H and O–H groups in total. The topological polar surface area (TPSA) is 81.4 Å². The fourth-order valence-corrected chi connectivity index (χ4v) is 1.72. The van der Waals surface area contributed by atoms with E-state index in [1.54, 1.807) is 24.3 Å². The molecule has 0 atom stereocenters. The minimum absolute atomic E-state index is 0.283. The van der Waals surface area contributed by atoms with Gasteiger partial charge in [0, 0.05) is 5.56 Å². The van der Waals surface area contributed by atoms with Gasteiger partial charge in [-0.1, -0.05) is 0 Å². The van der Waals surface area contributed by atoms with Crippen LogP contribution in [0.5, 0.6) is 5.75 Å². The monoisotopic (exact) mass is 248 g/mol. The molecule has 5 heteroatoms. The van der Waals surface area contributed by atoms with E-state index in [0.717, 1.165) is 0 Å². The Hall–Kier alpha value is -2.04. The second-order valence-electron chi connectivity index (χ2n) is 4.36. The van der Waals surface area contributed by atoms with Gasteiger partial charge in [-0.15, -0.1) is 0 Å². The molecule has 0 radical (unpaired) electrons. The molecule has 2 rings (SSSR count). The first-order chi connectivity index (χ1) is 8.57. The van der Waals surface area contributed by atoms with Crippen molar-refractivity contribution < 1.29 is 14.3 Å². The van der Waals surface area contributed by atoms with Crippen LogP contribution in [0.4, 0.5) is 0 Å². The molecule has 18 heavy (non-hydrogen) atoms. The summed E-state index contributed by atoms with van der Waals surface area (Å²) in [6.45, 7) is 2.47. The van der Waals surface area contributed by atoms with Crippen LogP contribution in [0.2, 0.25) is 0 Å². The highest BCUT2D eigenvalue weighted by Crippen LogP contribution is 2.35. The summed E-state index contributed by atoms with van der Waals surface area (Å²) in [7, 11) is 0. The summed E-state index contributed by atoms with van der Waals surface area (Å²) < 4.78 is 5.29. The van der Waals surface area contributed by atoms with Crippen molar-refractivity contribution in [3.05, 3.63) is 29.8 Å². The molecule has 2 amide bonds. The molecule has 0 spiro atoms. The van der Waals surface area contributed by atoms with Gasteiger partial charge in [-0.05, 0) is 44.0 Å². The van der Waals surface area contributed by atoms with E-state index in [4.69, 9.17) is 10.5 Å². The fraction of sp³-hybridized carbons (Fsp3) is 0.385. The number of carbonyl (C=O) groups is 2. The van der Waals surface area contributed by atoms with Crippen LogP contribution in [-0.4, -0.2) is 24.0 Å². The van der Waals surface area contributed by atoms with Gasteiger partial charge in [-0.3, -0.25) is 9.59 Å². The Bertz CT molecular complexity index is 464. The Morgan fingerprint density at radius 3 is 2.39 bits per heavy atom. The number of amides is 2. The summed E-state index contributed by atoms with van der Waals surface area (Å²) in [5.41, 5.74) is 4.92. The molecule has 96 valence electrons. The zero-order valence-electron chi connectivity index (χ0n) is 10.2. The van der Waals surface area contributed by atoms with Crippen LogP contribution >= 0.6 is 0 Å². The van der Waals surface area contributed by atoms with Gasteiger partial charge in [0.1, 0.15) is 11.3 Å². The van der Waals surface area contributed by atoms with Gasteiger partial charge in [-0.25, -0.2) is 0 Å². The highest BCUT2D eigenvalue weighted by atomic mass is 16.5. The average Bonchev–Trinajstić information content (AvgIpc) is 3.11. The molecule has 1 aromatic carbocycles. The number of carbonyl (C=O) groups excluding carboxylic acids is 2. The van der Waals surface area contributed by atoms with Gasteiger partial charge in [0.05, 0.1) is 6.61 Å². The van der Waals surface area contributed by atoms with Crippen molar-refractivity contribution in [3.63, 3.8) is 0 Å². The maximum Gasteiger partial charge on any atom is 0.252 e. The van der Waals surface area contributed by atoms with E-state index < -0.39 is 11.4 Å². The second kappa shape index (κ2) is 4.68. The predicted molar refractivity (Wildman–Crippen MR) is 66.2 cm³/mol. The number of nitrogens with one attached hydrogen (secondary N) is 1. The van der Waals surface area contributed by atoms with Gasteiger partial charge >= 0.3 is 0 Å². The van der Waals surface area contributed by atoms with Crippen molar-refractivity contribution in [1.29, 1.82) is 0 Å². The van der Waals surface area contributed by atoms with Crippen molar-refractivity contribution >= 4 is 11.8 Å². The Balaban J connectivity index is 2.03. The fourth-order valence-electron chi connectivity index (χ4n) is 1.72. The number of rotatable bonds is 5. The van der Waals surface area contributed by atoms with E-state index in [2.05, 4.69) is 5.32 Å². The number of hydrogen-bond donors (Lipinski definition) is 2. The van der Waals surface area contributed by atoms with Crippen molar-refractivity contribution in [2.75, 3.05) is 6.61 Å². The maximum absolute atomic E-state index is 11.9. The summed E-state index contributed by atoms with van der Waals surface area (Å²) in [4.78, 5) is 23.1. The molecule has 0 aliphatic heterocycles. The van der Waals surface area contributed by atoms with Crippen molar-refractivity contribution in [1.82, 2.24) is 5.32 Å². The minimum Gasteiger partial charge on any atom is -0.494 e. The van der Waals surface area contributed by atoms with E-state index in [1.807, 2.05) is 6.92 Å². The highest BCUT2D eigenvalue weighted by molar-refractivity contribution is 6.00. The first kappa shape index (κ1) is 12.4. The van der Waals surface area contributed by atoms with E-state index in [-0.39, 0.29) is 5.91 Å². The number of hydrogen-bond acceptors (Lipinski definition) is 3. The molecule has 1 fully saturated rings. The van der Waals surface area contributed by atoms with E-state index in [1.165, 1.54) is 0 Å². The Morgan fingerprint density at radius 2 is 1.94 bits per heavy atom. The van der Waals surface area contributed by atoms with Crippen molar-refractivity contribution in [2.45, 2.75) is 25.3 Å². The van der Waals surface area contributed by atoms with Crippen LogP contribution in [0, 0.1) is 0 Å². The average molecular weight is 248 g/mol. The van der Waals surface area contributed by atoms with E-state index in [0.29, 0.717) is 30.8 Å². The van der Waals surface area contributed by atoms with Crippen molar-refractivity contribution in [2.24, 2.45) is 5.73 Å². The molecular formula is C13H16N2O3. The molecule has 1 saturated carbocycles. The zero-order chi connectivity index (χ0) is 13.2. The summed E-state index contributed by atoms with van der Waals surface area (Å²) >= 11 is 0. The third-order valence-electron chi connectivity index (χ3n) is 3.00. The summed E-state index contributed by atoms with van der Waals surface area (Å²) in [5, 5.41) is 2.68. The molecule has 0 aromatic heterocycles. The third-order valence-corrected chi connectivity index (χ3v) is 3.00. The first-order valence-electron chi connectivity index (χ1n) is 5.93. The maximum atomic E-state index is 11.9. The van der Waals surface area contributed by atoms with Gasteiger partial charge in [-0.2, -0.15) is 0 Å². The molecular weight excluding hydrogens is 232 g/mol. The van der Waals surface area contributed by atoms with Crippen LogP contribution in [0.1, 0.15) is 30.1 Å². The number of ether oxygens (including phenoxy) is 1. The lowest BCUT2D eigenvalue weighted by Gasteiger charge is -2.13. The SMILES string of the molecule is CCOc1ccc(C(=O)NC2(C(N)=O)CC2)cc1. The van der Waals surface area contributed by atoms with Crippen LogP contribution in [-0.2, 0) is 4.79 Å². The molecule has 5 nitrogen and oxygen atoms in total. The van der Waals surface area contributed by atoms with Crippen LogP contribution < -0.4 is 15.8 Å². The number of benzene rings is 1. The molecule has 0 unspecified atom stereocenters. The molecule has 1 aromatic rings. The lowest BCUT2D eigenvalue weighted by molar-refractivity contribution is -0.120. The first-order valence-corrected chi connectivity index (χ1v) is 5.93. The lowest BCUT2D eigenvalue weighted by atomic mass is 10.1. The summed E-state index contributed by atoms with van der Waals surface area (Å²) in [6, 6.07) is 6.78. The van der Waals surface area contributed by atoms with Gasteiger partial charge in [0.15, 0.2) is 0 Å².